The van der Waals surface area contributed by atoms with Gasteiger partial charge in [0.1, 0.15) is 5.82 Å². The second-order valence-corrected chi connectivity index (χ2v) is 2.79. The Hall–Kier alpha value is -2.12. The van der Waals surface area contributed by atoms with E-state index in [1.165, 1.54) is 0 Å². The molecule has 82 valence electrons. The van der Waals surface area contributed by atoms with Gasteiger partial charge in [0.25, 0.3) is 5.91 Å². The molecule has 5 N–H and O–H groups in total. The van der Waals surface area contributed by atoms with Crippen molar-refractivity contribution in [1.82, 2.24) is 25.8 Å². The molecule has 0 aliphatic heterocycles. The number of H-pyrrole nitrogens is 1. The van der Waals surface area contributed by atoms with Gasteiger partial charge in [0.05, 0.1) is 0 Å². The molecule has 1 aromatic heterocycles. The predicted octanol–water partition coefficient (Wildman–Crippen LogP) is -1.49. The van der Waals surface area contributed by atoms with Gasteiger partial charge in [-0.2, -0.15) is 0 Å². The molecule has 1 aromatic rings. The van der Waals surface area contributed by atoms with Crippen LogP contribution in [0, 0.1) is 6.92 Å². The number of nitrogens with one attached hydrogen (secondary N) is 3. The van der Waals surface area contributed by atoms with Crippen molar-refractivity contribution >= 4 is 11.9 Å². The van der Waals surface area contributed by atoms with Crippen LogP contribution in [-0.2, 0) is 0 Å². The molecule has 0 radical (unpaired) electrons. The number of nitrogens with two attached hydrogens (primary N) is 1. The van der Waals surface area contributed by atoms with Crippen LogP contribution in [0.3, 0.4) is 0 Å². The first-order chi connectivity index (χ1) is 7.09. The van der Waals surface area contributed by atoms with Gasteiger partial charge in [-0.25, -0.2) is 9.78 Å². The van der Waals surface area contributed by atoms with Crippen LogP contribution in [-0.4, -0.2) is 40.2 Å². The van der Waals surface area contributed by atoms with Gasteiger partial charge in [-0.3, -0.25) is 9.89 Å². The van der Waals surface area contributed by atoms with Gasteiger partial charge in [-0.15, -0.1) is 5.10 Å². The van der Waals surface area contributed by atoms with E-state index in [-0.39, 0.29) is 18.9 Å². The van der Waals surface area contributed by atoms with Crippen molar-refractivity contribution in [2.45, 2.75) is 6.92 Å². The lowest BCUT2D eigenvalue weighted by molar-refractivity contribution is 0.0944. The SMILES string of the molecule is Cc1nc(C(=O)NCCNC(N)=O)n[nH]1. The smallest absolute Gasteiger partial charge is 0.312 e. The minimum atomic E-state index is -0.627. The van der Waals surface area contributed by atoms with Crippen molar-refractivity contribution in [3.63, 3.8) is 0 Å². The summed E-state index contributed by atoms with van der Waals surface area (Å²) in [5.41, 5.74) is 4.83. The summed E-state index contributed by atoms with van der Waals surface area (Å²) in [6.45, 7) is 2.23. The number of hydrogen-bond donors (Lipinski definition) is 4. The first-order valence-corrected chi connectivity index (χ1v) is 4.30. The number of carbonyl (C=O) groups excluding carboxylic acids is 2. The standard InChI is InChI=1S/C7H12N6O2/c1-4-11-5(13-12-4)6(14)9-2-3-10-7(8)15/h2-3H2,1H3,(H,9,14)(H3,8,10,15)(H,11,12,13). The highest BCUT2D eigenvalue weighted by molar-refractivity contribution is 5.90. The number of carbonyl (C=O) groups is 2. The third kappa shape index (κ3) is 3.63. The van der Waals surface area contributed by atoms with Crippen molar-refractivity contribution in [3.8, 4) is 0 Å². The van der Waals surface area contributed by atoms with E-state index < -0.39 is 11.9 Å². The monoisotopic (exact) mass is 212 g/mol. The fourth-order valence-electron chi connectivity index (χ4n) is 0.885. The third-order valence-electron chi connectivity index (χ3n) is 1.51. The fourth-order valence-corrected chi connectivity index (χ4v) is 0.885. The van der Waals surface area contributed by atoms with E-state index in [9.17, 15) is 9.59 Å². The predicted molar refractivity (Wildman–Crippen MR) is 51.0 cm³/mol. The molecule has 0 bridgehead atoms. The lowest BCUT2D eigenvalue weighted by atomic mass is 10.5. The van der Waals surface area contributed by atoms with Crippen molar-refractivity contribution in [2.24, 2.45) is 5.73 Å². The van der Waals surface area contributed by atoms with Gasteiger partial charge >= 0.3 is 6.03 Å². The van der Waals surface area contributed by atoms with Gasteiger partial charge in [0.2, 0.25) is 5.82 Å². The number of aromatic nitrogens is 3. The zero-order valence-electron chi connectivity index (χ0n) is 8.20. The second kappa shape index (κ2) is 4.94. The molecule has 8 nitrogen and oxygen atoms in total. The number of amides is 3. The molecule has 3 amide bonds. The first-order valence-electron chi connectivity index (χ1n) is 4.30. The van der Waals surface area contributed by atoms with Crippen LogP contribution in [0.1, 0.15) is 16.4 Å². The largest absolute Gasteiger partial charge is 0.352 e. The van der Waals surface area contributed by atoms with Gasteiger partial charge in [0, 0.05) is 13.1 Å². The molecule has 0 atom stereocenters. The van der Waals surface area contributed by atoms with Crippen LogP contribution in [0.15, 0.2) is 0 Å². The average Bonchev–Trinajstić information content (AvgIpc) is 2.59. The summed E-state index contributed by atoms with van der Waals surface area (Å²) >= 11 is 0. The summed E-state index contributed by atoms with van der Waals surface area (Å²) in [5.74, 6) is 0.243. The van der Waals surface area contributed by atoms with E-state index in [0.29, 0.717) is 5.82 Å². The van der Waals surface area contributed by atoms with Crippen molar-refractivity contribution in [2.75, 3.05) is 13.1 Å². The van der Waals surface area contributed by atoms with Gasteiger partial charge in [-0.05, 0) is 6.92 Å². The maximum absolute atomic E-state index is 11.3. The molecule has 1 heterocycles. The first kappa shape index (κ1) is 11.0. The maximum atomic E-state index is 11.3. The average molecular weight is 212 g/mol. The normalized spacial score (nSPS) is 9.67. The Bertz CT molecular complexity index is 360. The van der Waals surface area contributed by atoms with E-state index in [4.69, 9.17) is 5.73 Å². The Labute approximate surface area is 85.6 Å². The lowest BCUT2D eigenvalue weighted by Gasteiger charge is -2.02. The number of aromatic amines is 1. The lowest BCUT2D eigenvalue weighted by Crippen LogP contribution is -2.37. The number of rotatable bonds is 4. The number of primary amides is 1. The van der Waals surface area contributed by atoms with Crippen molar-refractivity contribution < 1.29 is 9.59 Å². The van der Waals surface area contributed by atoms with Crippen LogP contribution in [0.2, 0.25) is 0 Å². The minimum absolute atomic E-state index is 0.0755. The fraction of sp³-hybridized carbons (Fsp3) is 0.429. The zero-order chi connectivity index (χ0) is 11.3. The molecule has 0 aliphatic rings. The highest BCUT2D eigenvalue weighted by Crippen LogP contribution is 1.89. The Morgan fingerprint density at radius 2 is 2.07 bits per heavy atom. The highest BCUT2D eigenvalue weighted by Gasteiger charge is 2.09. The summed E-state index contributed by atoms with van der Waals surface area (Å²) < 4.78 is 0. The molecule has 1 rings (SSSR count). The van der Waals surface area contributed by atoms with E-state index in [2.05, 4.69) is 25.8 Å². The molecule has 15 heavy (non-hydrogen) atoms. The quantitative estimate of drug-likeness (QED) is 0.453. The minimum Gasteiger partial charge on any atom is -0.352 e. The van der Waals surface area contributed by atoms with E-state index in [0.717, 1.165) is 0 Å². The third-order valence-corrected chi connectivity index (χ3v) is 1.51. The van der Waals surface area contributed by atoms with E-state index >= 15 is 0 Å². The molecule has 8 heteroatoms. The molecule has 0 aromatic carbocycles. The topological polar surface area (TPSA) is 126 Å². The molecule has 0 fully saturated rings. The van der Waals surface area contributed by atoms with E-state index in [1.807, 2.05) is 0 Å². The molecular weight excluding hydrogens is 200 g/mol. The number of urea groups is 1. The van der Waals surface area contributed by atoms with Crippen LogP contribution in [0.25, 0.3) is 0 Å². The summed E-state index contributed by atoms with van der Waals surface area (Å²) in [4.78, 5) is 25.4. The molecule has 0 unspecified atom stereocenters. The van der Waals surface area contributed by atoms with Crippen LogP contribution >= 0.6 is 0 Å². The Morgan fingerprint density at radius 3 is 2.60 bits per heavy atom. The Morgan fingerprint density at radius 1 is 1.40 bits per heavy atom. The molecule has 0 spiro atoms. The summed E-state index contributed by atoms with van der Waals surface area (Å²) in [5, 5.41) is 11.1. The summed E-state index contributed by atoms with van der Waals surface area (Å²) in [6.07, 6.45) is 0. The van der Waals surface area contributed by atoms with Crippen LogP contribution in [0.4, 0.5) is 4.79 Å². The Kier molecular flexibility index (Phi) is 3.61. The number of nitrogens with zero attached hydrogens (tertiary/aromatic N) is 2. The molecule has 0 aliphatic carbocycles. The molecule has 0 saturated heterocycles. The zero-order valence-corrected chi connectivity index (χ0v) is 8.20. The van der Waals surface area contributed by atoms with Gasteiger partial charge in [0.15, 0.2) is 0 Å². The van der Waals surface area contributed by atoms with Crippen molar-refractivity contribution in [3.05, 3.63) is 11.6 Å². The van der Waals surface area contributed by atoms with Crippen molar-refractivity contribution in [1.29, 1.82) is 0 Å². The molecular formula is C7H12N6O2. The number of hydrogen-bond acceptors (Lipinski definition) is 4. The van der Waals surface area contributed by atoms with Gasteiger partial charge < -0.3 is 16.4 Å². The highest BCUT2D eigenvalue weighted by atomic mass is 16.2. The molecule has 0 saturated carbocycles. The summed E-state index contributed by atoms with van der Waals surface area (Å²) in [7, 11) is 0. The van der Waals surface area contributed by atoms with E-state index in [1.54, 1.807) is 6.92 Å². The van der Waals surface area contributed by atoms with Gasteiger partial charge in [-0.1, -0.05) is 0 Å². The Balaban J connectivity index is 2.28. The second-order valence-electron chi connectivity index (χ2n) is 2.79. The maximum Gasteiger partial charge on any atom is 0.312 e. The van der Waals surface area contributed by atoms with Crippen LogP contribution < -0.4 is 16.4 Å². The number of aryl methyl sites for hydroxylation is 1. The summed E-state index contributed by atoms with van der Waals surface area (Å²) in [6, 6.07) is -0.627. The van der Waals surface area contributed by atoms with Crippen LogP contribution in [0.5, 0.6) is 0 Å².